The first-order valence-electron chi connectivity index (χ1n) is 7.54. The number of nitrogens with zero attached hydrogens (tertiary/aromatic N) is 1. The van der Waals surface area contributed by atoms with Gasteiger partial charge in [-0.3, -0.25) is 0 Å². The van der Waals surface area contributed by atoms with Crippen molar-refractivity contribution in [2.75, 3.05) is 33.1 Å². The second-order valence-electron chi connectivity index (χ2n) is 5.38. The minimum Gasteiger partial charge on any atom is -0.496 e. The highest BCUT2D eigenvalue weighted by Crippen LogP contribution is 2.28. The van der Waals surface area contributed by atoms with Crippen LogP contribution in [0.3, 0.4) is 0 Å². The molecule has 0 aliphatic rings. The van der Waals surface area contributed by atoms with Crippen LogP contribution in [-0.2, 0) is 6.42 Å². The molecule has 0 atom stereocenters. The number of amides is 2. The van der Waals surface area contributed by atoms with Crippen LogP contribution in [0.2, 0.25) is 5.02 Å². The van der Waals surface area contributed by atoms with Gasteiger partial charge in [0.25, 0.3) is 0 Å². The fraction of sp³-hybridized carbons (Fsp3) is 0.278. The fourth-order valence-electron chi connectivity index (χ4n) is 2.11. The number of halogens is 1. The predicted octanol–water partition coefficient (Wildman–Crippen LogP) is 4.06. The third-order valence-electron chi connectivity index (χ3n) is 3.41. The third-order valence-corrected chi connectivity index (χ3v) is 3.71. The number of carbonyl (C=O) groups is 1. The van der Waals surface area contributed by atoms with E-state index < -0.39 is 0 Å². The van der Waals surface area contributed by atoms with E-state index in [1.807, 2.05) is 24.3 Å². The Balaban J connectivity index is 1.94. The van der Waals surface area contributed by atoms with Gasteiger partial charge < -0.3 is 19.7 Å². The van der Waals surface area contributed by atoms with E-state index in [-0.39, 0.29) is 6.03 Å². The third kappa shape index (κ3) is 4.80. The molecule has 0 saturated carbocycles. The zero-order valence-corrected chi connectivity index (χ0v) is 14.8. The Labute approximate surface area is 147 Å². The van der Waals surface area contributed by atoms with Crippen LogP contribution in [0, 0.1) is 0 Å². The molecule has 0 saturated heterocycles. The standard InChI is InChI=1S/C18H21ClN2O3/c1-21(2)18(22)20-14-8-9-17(15(19)12-14)24-11-10-13-6-4-5-7-16(13)23-3/h4-9,12H,10-11H2,1-3H3,(H,20,22). The van der Waals surface area contributed by atoms with Gasteiger partial charge in [0.05, 0.1) is 18.7 Å². The van der Waals surface area contributed by atoms with E-state index in [2.05, 4.69) is 5.32 Å². The summed E-state index contributed by atoms with van der Waals surface area (Å²) in [5.74, 6) is 1.42. The van der Waals surface area contributed by atoms with Gasteiger partial charge in [-0.05, 0) is 29.8 Å². The van der Waals surface area contributed by atoms with Crippen LogP contribution in [0.15, 0.2) is 42.5 Å². The average Bonchev–Trinajstić information content (AvgIpc) is 2.57. The second kappa shape index (κ2) is 8.45. The van der Waals surface area contributed by atoms with Gasteiger partial charge in [0, 0.05) is 26.2 Å². The lowest BCUT2D eigenvalue weighted by atomic mass is 10.1. The summed E-state index contributed by atoms with van der Waals surface area (Å²) in [7, 11) is 5.00. The summed E-state index contributed by atoms with van der Waals surface area (Å²) in [6, 6.07) is 12.8. The Hall–Kier alpha value is -2.40. The Morgan fingerprint density at radius 3 is 2.58 bits per heavy atom. The van der Waals surface area contributed by atoms with Gasteiger partial charge in [0.1, 0.15) is 11.5 Å². The molecule has 0 fully saturated rings. The zero-order chi connectivity index (χ0) is 17.5. The van der Waals surface area contributed by atoms with Gasteiger partial charge >= 0.3 is 6.03 Å². The van der Waals surface area contributed by atoms with Crippen molar-refractivity contribution in [1.29, 1.82) is 0 Å². The van der Waals surface area contributed by atoms with Gasteiger partial charge in [-0.25, -0.2) is 4.79 Å². The van der Waals surface area contributed by atoms with Gasteiger partial charge in [0.15, 0.2) is 0 Å². The van der Waals surface area contributed by atoms with Crippen LogP contribution in [-0.4, -0.2) is 38.7 Å². The maximum Gasteiger partial charge on any atom is 0.321 e. The SMILES string of the molecule is COc1ccccc1CCOc1ccc(NC(=O)N(C)C)cc1Cl. The molecule has 24 heavy (non-hydrogen) atoms. The van der Waals surface area contributed by atoms with Crippen molar-refractivity contribution in [3.63, 3.8) is 0 Å². The topological polar surface area (TPSA) is 50.8 Å². The maximum absolute atomic E-state index is 11.6. The summed E-state index contributed by atoms with van der Waals surface area (Å²) in [5, 5.41) is 3.19. The normalized spacial score (nSPS) is 10.2. The van der Waals surface area contributed by atoms with Crippen LogP contribution in [0.25, 0.3) is 0 Å². The molecule has 128 valence electrons. The largest absolute Gasteiger partial charge is 0.496 e. The summed E-state index contributed by atoms with van der Waals surface area (Å²) >= 11 is 6.22. The number of urea groups is 1. The maximum atomic E-state index is 11.6. The molecule has 0 aromatic heterocycles. The van der Waals surface area contributed by atoms with Gasteiger partial charge in [-0.15, -0.1) is 0 Å². The molecule has 0 unspecified atom stereocenters. The van der Waals surface area contributed by atoms with Crippen LogP contribution >= 0.6 is 11.6 Å². The van der Waals surface area contributed by atoms with Crippen molar-refractivity contribution in [2.45, 2.75) is 6.42 Å². The minimum absolute atomic E-state index is 0.212. The highest BCUT2D eigenvalue weighted by atomic mass is 35.5. The molecule has 2 aromatic rings. The Bertz CT molecular complexity index is 704. The molecule has 5 nitrogen and oxygen atoms in total. The number of para-hydroxylation sites is 1. The smallest absolute Gasteiger partial charge is 0.321 e. The van der Waals surface area contributed by atoms with Crippen LogP contribution in [0.5, 0.6) is 11.5 Å². The van der Waals surface area contributed by atoms with E-state index in [1.54, 1.807) is 39.4 Å². The van der Waals surface area contributed by atoms with Crippen molar-refractivity contribution in [3.05, 3.63) is 53.1 Å². The quantitative estimate of drug-likeness (QED) is 0.856. The van der Waals surface area contributed by atoms with Crippen molar-refractivity contribution < 1.29 is 14.3 Å². The second-order valence-corrected chi connectivity index (χ2v) is 5.79. The molecular weight excluding hydrogens is 328 g/mol. The van der Waals surface area contributed by atoms with Crippen LogP contribution in [0.1, 0.15) is 5.56 Å². The fourth-order valence-corrected chi connectivity index (χ4v) is 2.35. The van der Waals surface area contributed by atoms with Crippen LogP contribution < -0.4 is 14.8 Å². The lowest BCUT2D eigenvalue weighted by Gasteiger charge is -2.14. The highest BCUT2D eigenvalue weighted by Gasteiger charge is 2.08. The lowest BCUT2D eigenvalue weighted by molar-refractivity contribution is 0.230. The number of nitrogens with one attached hydrogen (secondary N) is 1. The van der Waals surface area contributed by atoms with Crippen molar-refractivity contribution in [3.8, 4) is 11.5 Å². The molecule has 0 radical (unpaired) electrons. The molecule has 2 aromatic carbocycles. The summed E-state index contributed by atoms with van der Waals surface area (Å²) < 4.78 is 11.1. The van der Waals surface area contributed by atoms with E-state index in [9.17, 15) is 4.79 Å². The number of anilines is 1. The molecule has 1 N–H and O–H groups in total. The molecule has 0 aliphatic heterocycles. The van der Waals surface area contributed by atoms with Crippen molar-refractivity contribution in [1.82, 2.24) is 4.90 Å². The zero-order valence-electron chi connectivity index (χ0n) is 14.0. The minimum atomic E-state index is -0.212. The number of ether oxygens (including phenoxy) is 2. The lowest BCUT2D eigenvalue weighted by Crippen LogP contribution is -2.27. The summed E-state index contributed by atoms with van der Waals surface area (Å²) in [6.07, 6.45) is 0.708. The van der Waals surface area contributed by atoms with E-state index in [0.29, 0.717) is 29.5 Å². The Morgan fingerprint density at radius 2 is 1.92 bits per heavy atom. The van der Waals surface area contributed by atoms with Crippen molar-refractivity contribution >= 4 is 23.3 Å². The number of hydrogen-bond donors (Lipinski definition) is 1. The molecule has 2 amide bonds. The number of carbonyl (C=O) groups excluding carboxylic acids is 1. The van der Waals surface area contributed by atoms with Gasteiger partial charge in [-0.1, -0.05) is 29.8 Å². The number of methoxy groups -OCH3 is 1. The van der Waals surface area contributed by atoms with Gasteiger partial charge in [0.2, 0.25) is 0 Å². The van der Waals surface area contributed by atoms with E-state index in [4.69, 9.17) is 21.1 Å². The molecule has 0 bridgehead atoms. The number of rotatable bonds is 6. The molecule has 2 rings (SSSR count). The van der Waals surface area contributed by atoms with E-state index in [0.717, 1.165) is 11.3 Å². The molecule has 0 spiro atoms. The first-order valence-corrected chi connectivity index (χ1v) is 7.91. The summed E-state index contributed by atoms with van der Waals surface area (Å²) in [4.78, 5) is 13.1. The van der Waals surface area contributed by atoms with E-state index in [1.165, 1.54) is 4.90 Å². The molecule has 0 aliphatic carbocycles. The average molecular weight is 349 g/mol. The van der Waals surface area contributed by atoms with Crippen LogP contribution in [0.4, 0.5) is 10.5 Å². The van der Waals surface area contributed by atoms with Gasteiger partial charge in [-0.2, -0.15) is 0 Å². The molecular formula is C18H21ClN2O3. The Kier molecular flexibility index (Phi) is 6.32. The summed E-state index contributed by atoms with van der Waals surface area (Å²) in [6.45, 7) is 0.476. The molecule has 6 heteroatoms. The summed E-state index contributed by atoms with van der Waals surface area (Å²) in [5.41, 5.74) is 1.70. The Morgan fingerprint density at radius 1 is 1.17 bits per heavy atom. The first-order chi connectivity index (χ1) is 11.5. The predicted molar refractivity (Wildman–Crippen MR) is 96.4 cm³/mol. The molecule has 0 heterocycles. The van der Waals surface area contributed by atoms with E-state index >= 15 is 0 Å². The number of benzene rings is 2. The number of hydrogen-bond acceptors (Lipinski definition) is 3. The first kappa shape index (κ1) is 17.9. The highest BCUT2D eigenvalue weighted by molar-refractivity contribution is 6.32. The monoisotopic (exact) mass is 348 g/mol. The van der Waals surface area contributed by atoms with Crippen molar-refractivity contribution in [2.24, 2.45) is 0 Å².